The highest BCUT2D eigenvalue weighted by atomic mass is 16.1. The highest BCUT2D eigenvalue weighted by Crippen LogP contribution is 2.17. The Morgan fingerprint density at radius 1 is 1.26 bits per heavy atom. The third-order valence-electron chi connectivity index (χ3n) is 5.11. The maximum absolute atomic E-state index is 12.3. The quantitative estimate of drug-likeness (QED) is 0.787. The van der Waals surface area contributed by atoms with Gasteiger partial charge in [-0.25, -0.2) is 4.98 Å². The number of carbonyl (C=O) groups is 1. The summed E-state index contributed by atoms with van der Waals surface area (Å²) in [6, 6.07) is 10.2. The molecule has 1 unspecified atom stereocenters. The summed E-state index contributed by atoms with van der Waals surface area (Å²) in [5.41, 5.74) is 2.55. The Morgan fingerprint density at radius 3 is 2.89 bits per heavy atom. The summed E-state index contributed by atoms with van der Waals surface area (Å²) < 4.78 is 0. The summed E-state index contributed by atoms with van der Waals surface area (Å²) in [6.45, 7) is 4.44. The van der Waals surface area contributed by atoms with E-state index in [9.17, 15) is 4.79 Å². The van der Waals surface area contributed by atoms with Crippen molar-refractivity contribution in [1.82, 2.24) is 20.2 Å². The Bertz CT molecular complexity index is 746. The molecule has 0 aromatic carbocycles. The van der Waals surface area contributed by atoms with Crippen molar-refractivity contribution >= 4 is 11.7 Å². The molecule has 1 atom stereocenters. The lowest BCUT2D eigenvalue weighted by Crippen LogP contribution is -2.39. The first-order chi connectivity index (χ1) is 13.1. The number of nitrogens with zero attached hydrogens (tertiary/aromatic N) is 3. The third kappa shape index (κ3) is 5.76. The molecule has 1 aliphatic heterocycles. The molecule has 144 valence electrons. The zero-order valence-electron chi connectivity index (χ0n) is 16.2. The molecule has 3 heterocycles. The highest BCUT2D eigenvalue weighted by Gasteiger charge is 2.18. The average molecular weight is 367 g/mol. The lowest BCUT2D eigenvalue weighted by Gasteiger charge is -2.32. The summed E-state index contributed by atoms with van der Waals surface area (Å²) in [6.07, 6.45) is 6.42. The molecule has 0 bridgehead atoms. The van der Waals surface area contributed by atoms with E-state index in [4.69, 9.17) is 0 Å². The predicted octanol–water partition coefficient (Wildman–Crippen LogP) is 3.00. The first-order valence-electron chi connectivity index (χ1n) is 9.73. The van der Waals surface area contributed by atoms with Gasteiger partial charge >= 0.3 is 0 Å². The number of aromatic nitrogens is 2. The number of nitrogens with one attached hydrogen (secondary N) is 2. The lowest BCUT2D eigenvalue weighted by atomic mass is 10.0. The summed E-state index contributed by atoms with van der Waals surface area (Å²) in [4.78, 5) is 23.5. The normalized spacial score (nSPS) is 17.5. The number of aryl methyl sites for hydroxylation is 1. The van der Waals surface area contributed by atoms with Gasteiger partial charge in [-0.3, -0.25) is 9.78 Å². The van der Waals surface area contributed by atoms with Crippen LogP contribution >= 0.6 is 0 Å². The number of likely N-dealkylation sites (tertiary alicyclic amines) is 1. The van der Waals surface area contributed by atoms with Gasteiger partial charge in [0.25, 0.3) is 5.91 Å². The molecule has 6 heteroatoms. The van der Waals surface area contributed by atoms with Crippen molar-refractivity contribution in [3.63, 3.8) is 0 Å². The maximum atomic E-state index is 12.3. The Labute approximate surface area is 161 Å². The van der Waals surface area contributed by atoms with Crippen molar-refractivity contribution in [2.24, 2.45) is 0 Å². The molecule has 2 N–H and O–H groups in total. The fourth-order valence-electron chi connectivity index (χ4n) is 3.48. The average Bonchev–Trinajstić information content (AvgIpc) is 2.68. The standard InChI is InChI=1S/C21H29N5O/c1-16-6-5-7-18(25-16)15-24-20-10-9-17(14-23-20)21(27)22-12-11-19-8-3-4-13-26(19)2/h5-7,9-10,14,19H,3-4,8,11-13,15H2,1-2H3,(H,22,27)(H,23,24). The molecule has 0 saturated carbocycles. The van der Waals surface area contributed by atoms with Gasteiger partial charge in [-0.2, -0.15) is 0 Å². The number of carbonyl (C=O) groups excluding carboxylic acids is 1. The van der Waals surface area contributed by atoms with E-state index in [-0.39, 0.29) is 5.91 Å². The number of hydrogen-bond acceptors (Lipinski definition) is 5. The second-order valence-electron chi connectivity index (χ2n) is 7.23. The molecular formula is C21H29N5O. The van der Waals surface area contributed by atoms with Gasteiger partial charge in [0, 0.05) is 24.5 Å². The van der Waals surface area contributed by atoms with Crippen LogP contribution in [0.3, 0.4) is 0 Å². The minimum absolute atomic E-state index is 0.0622. The molecule has 2 aromatic rings. The monoisotopic (exact) mass is 367 g/mol. The number of rotatable bonds is 7. The predicted molar refractivity (Wildman–Crippen MR) is 108 cm³/mol. The zero-order valence-corrected chi connectivity index (χ0v) is 16.2. The zero-order chi connectivity index (χ0) is 19.1. The molecule has 1 amide bonds. The van der Waals surface area contributed by atoms with Crippen LogP contribution in [0.2, 0.25) is 0 Å². The summed E-state index contributed by atoms with van der Waals surface area (Å²) in [5.74, 6) is 0.673. The van der Waals surface area contributed by atoms with E-state index in [0.29, 0.717) is 24.7 Å². The summed E-state index contributed by atoms with van der Waals surface area (Å²) >= 11 is 0. The van der Waals surface area contributed by atoms with Gasteiger partial charge in [-0.15, -0.1) is 0 Å². The fourth-order valence-corrected chi connectivity index (χ4v) is 3.48. The maximum Gasteiger partial charge on any atom is 0.252 e. The molecule has 0 aliphatic carbocycles. The van der Waals surface area contributed by atoms with Gasteiger partial charge in [-0.05, 0) is 64.0 Å². The van der Waals surface area contributed by atoms with Crippen molar-refractivity contribution in [2.45, 2.75) is 45.2 Å². The molecule has 6 nitrogen and oxygen atoms in total. The van der Waals surface area contributed by atoms with Gasteiger partial charge < -0.3 is 15.5 Å². The second-order valence-corrected chi connectivity index (χ2v) is 7.23. The molecule has 1 saturated heterocycles. The van der Waals surface area contributed by atoms with Crippen LogP contribution in [-0.4, -0.2) is 47.0 Å². The van der Waals surface area contributed by atoms with Gasteiger partial charge in [0.1, 0.15) is 5.82 Å². The molecule has 3 rings (SSSR count). The van der Waals surface area contributed by atoms with E-state index >= 15 is 0 Å². The molecular weight excluding hydrogens is 338 g/mol. The molecule has 0 radical (unpaired) electrons. The second kappa shape index (κ2) is 9.46. The topological polar surface area (TPSA) is 70.2 Å². The van der Waals surface area contributed by atoms with E-state index in [0.717, 1.165) is 30.2 Å². The Balaban J connectivity index is 1.44. The fraction of sp³-hybridized carbons (Fsp3) is 0.476. The first-order valence-corrected chi connectivity index (χ1v) is 9.73. The van der Waals surface area contributed by atoms with Crippen molar-refractivity contribution < 1.29 is 4.79 Å². The Kier molecular flexibility index (Phi) is 6.76. The van der Waals surface area contributed by atoms with Gasteiger partial charge in [-0.1, -0.05) is 12.5 Å². The van der Waals surface area contributed by atoms with Crippen LogP contribution in [0.5, 0.6) is 0 Å². The van der Waals surface area contributed by atoms with Crippen molar-refractivity contribution in [2.75, 3.05) is 25.5 Å². The molecule has 27 heavy (non-hydrogen) atoms. The highest BCUT2D eigenvalue weighted by molar-refractivity contribution is 5.94. The number of amides is 1. The first kappa shape index (κ1) is 19.3. The van der Waals surface area contributed by atoms with Crippen LogP contribution in [0, 0.1) is 6.92 Å². The van der Waals surface area contributed by atoms with E-state index in [2.05, 4.69) is 32.5 Å². The number of pyridine rings is 2. The van der Waals surface area contributed by atoms with Crippen LogP contribution < -0.4 is 10.6 Å². The smallest absolute Gasteiger partial charge is 0.252 e. The van der Waals surface area contributed by atoms with Crippen LogP contribution in [0.1, 0.15) is 47.4 Å². The summed E-state index contributed by atoms with van der Waals surface area (Å²) in [7, 11) is 2.17. The molecule has 1 aliphatic rings. The van der Waals surface area contributed by atoms with E-state index < -0.39 is 0 Å². The number of anilines is 1. The van der Waals surface area contributed by atoms with E-state index in [1.165, 1.54) is 19.3 Å². The van der Waals surface area contributed by atoms with Crippen LogP contribution in [0.25, 0.3) is 0 Å². The lowest BCUT2D eigenvalue weighted by molar-refractivity contribution is 0.0945. The minimum atomic E-state index is -0.0622. The van der Waals surface area contributed by atoms with Gasteiger partial charge in [0.2, 0.25) is 0 Å². The van der Waals surface area contributed by atoms with Crippen LogP contribution in [0.15, 0.2) is 36.5 Å². The summed E-state index contributed by atoms with van der Waals surface area (Å²) in [5, 5.41) is 6.25. The third-order valence-corrected chi connectivity index (χ3v) is 5.11. The minimum Gasteiger partial charge on any atom is -0.364 e. The molecule has 2 aromatic heterocycles. The Morgan fingerprint density at radius 2 is 2.15 bits per heavy atom. The van der Waals surface area contributed by atoms with Gasteiger partial charge in [0.05, 0.1) is 17.8 Å². The number of hydrogen-bond donors (Lipinski definition) is 2. The van der Waals surface area contributed by atoms with Crippen molar-refractivity contribution in [3.05, 3.63) is 53.5 Å². The molecule has 1 fully saturated rings. The van der Waals surface area contributed by atoms with E-state index in [1.54, 1.807) is 12.3 Å². The Hall–Kier alpha value is -2.47. The number of piperidine rings is 1. The largest absolute Gasteiger partial charge is 0.364 e. The van der Waals surface area contributed by atoms with Crippen molar-refractivity contribution in [3.8, 4) is 0 Å². The SMILES string of the molecule is Cc1cccc(CNc2ccc(C(=O)NCCC3CCCCN3C)cn2)n1. The molecule has 0 spiro atoms. The van der Waals surface area contributed by atoms with Crippen LogP contribution in [0.4, 0.5) is 5.82 Å². The van der Waals surface area contributed by atoms with Gasteiger partial charge in [0.15, 0.2) is 0 Å². The van der Waals surface area contributed by atoms with E-state index in [1.807, 2.05) is 31.2 Å². The van der Waals surface area contributed by atoms with Crippen LogP contribution in [-0.2, 0) is 6.54 Å². The van der Waals surface area contributed by atoms with Crippen molar-refractivity contribution in [1.29, 1.82) is 0 Å².